The second-order valence-corrected chi connectivity index (χ2v) is 4.48. The number of aromatic hydroxyl groups is 1. The van der Waals surface area contributed by atoms with Crippen LogP contribution in [0.3, 0.4) is 0 Å². The molecule has 0 aliphatic rings. The molecule has 5 nitrogen and oxygen atoms in total. The van der Waals surface area contributed by atoms with Crippen molar-refractivity contribution in [1.29, 1.82) is 0 Å². The summed E-state index contributed by atoms with van der Waals surface area (Å²) in [4.78, 5) is 24.9. The standard InChI is InChI=1S/C14H20N2O3/c1-4-8-15-12(17)9-16(3)14(19)11-7-5-6-10(2)13(11)18/h5-7,18H,4,8-9H2,1-3H3,(H,15,17). The van der Waals surface area contributed by atoms with Gasteiger partial charge >= 0.3 is 0 Å². The molecule has 1 aromatic rings. The van der Waals surface area contributed by atoms with Crippen LogP contribution in [0.4, 0.5) is 0 Å². The zero-order valence-electron chi connectivity index (χ0n) is 11.6. The van der Waals surface area contributed by atoms with Gasteiger partial charge in [-0.25, -0.2) is 0 Å². The van der Waals surface area contributed by atoms with Crippen LogP contribution in [0.5, 0.6) is 5.75 Å². The first kappa shape index (κ1) is 15.0. The number of amides is 2. The van der Waals surface area contributed by atoms with Crippen molar-refractivity contribution in [3.63, 3.8) is 0 Å². The lowest BCUT2D eigenvalue weighted by Gasteiger charge is -2.17. The van der Waals surface area contributed by atoms with Crippen LogP contribution in [0.1, 0.15) is 29.3 Å². The predicted octanol–water partition coefficient (Wildman–Crippen LogP) is 1.30. The number of likely N-dealkylation sites (N-methyl/N-ethyl adjacent to an activating group) is 1. The Hall–Kier alpha value is -2.04. The van der Waals surface area contributed by atoms with E-state index in [1.54, 1.807) is 25.1 Å². The highest BCUT2D eigenvalue weighted by Gasteiger charge is 2.18. The molecular weight excluding hydrogens is 244 g/mol. The van der Waals surface area contributed by atoms with Crippen molar-refractivity contribution >= 4 is 11.8 Å². The Morgan fingerprint density at radius 2 is 2.05 bits per heavy atom. The number of nitrogens with one attached hydrogen (secondary N) is 1. The number of carbonyl (C=O) groups excluding carboxylic acids is 2. The number of hydrogen-bond acceptors (Lipinski definition) is 3. The number of carbonyl (C=O) groups is 2. The summed E-state index contributed by atoms with van der Waals surface area (Å²) in [7, 11) is 1.54. The molecule has 19 heavy (non-hydrogen) atoms. The Labute approximate surface area is 113 Å². The molecule has 5 heteroatoms. The van der Waals surface area contributed by atoms with Crippen molar-refractivity contribution in [2.24, 2.45) is 0 Å². The molecule has 0 fully saturated rings. The molecule has 0 heterocycles. The van der Waals surface area contributed by atoms with Crippen molar-refractivity contribution < 1.29 is 14.7 Å². The van der Waals surface area contributed by atoms with Gasteiger partial charge < -0.3 is 15.3 Å². The third kappa shape index (κ3) is 3.98. The zero-order chi connectivity index (χ0) is 14.4. The second-order valence-electron chi connectivity index (χ2n) is 4.48. The highest BCUT2D eigenvalue weighted by Crippen LogP contribution is 2.22. The van der Waals surface area contributed by atoms with Crippen LogP contribution in [0.25, 0.3) is 0 Å². The molecule has 0 atom stereocenters. The number of nitrogens with zero attached hydrogens (tertiary/aromatic N) is 1. The molecule has 0 saturated carbocycles. The van der Waals surface area contributed by atoms with Gasteiger partial charge in [0.05, 0.1) is 12.1 Å². The van der Waals surface area contributed by atoms with Crippen molar-refractivity contribution in [3.8, 4) is 5.75 Å². The first-order chi connectivity index (χ1) is 8.97. The van der Waals surface area contributed by atoms with E-state index in [4.69, 9.17) is 0 Å². The van der Waals surface area contributed by atoms with Crippen LogP contribution in [-0.2, 0) is 4.79 Å². The van der Waals surface area contributed by atoms with E-state index in [0.29, 0.717) is 12.1 Å². The largest absolute Gasteiger partial charge is 0.507 e. The van der Waals surface area contributed by atoms with Gasteiger partial charge in [-0.05, 0) is 25.0 Å². The summed E-state index contributed by atoms with van der Waals surface area (Å²) >= 11 is 0. The Morgan fingerprint density at radius 1 is 1.37 bits per heavy atom. The van der Waals surface area contributed by atoms with Crippen molar-refractivity contribution in [2.45, 2.75) is 20.3 Å². The predicted molar refractivity (Wildman–Crippen MR) is 73.1 cm³/mol. The van der Waals surface area contributed by atoms with Crippen LogP contribution in [0.2, 0.25) is 0 Å². The molecule has 104 valence electrons. The number of rotatable bonds is 5. The Morgan fingerprint density at radius 3 is 2.68 bits per heavy atom. The van der Waals surface area contributed by atoms with Crippen LogP contribution < -0.4 is 5.32 Å². The molecule has 1 aromatic carbocycles. The van der Waals surface area contributed by atoms with Gasteiger partial charge in [0.2, 0.25) is 5.91 Å². The van der Waals surface area contributed by atoms with Crippen molar-refractivity contribution in [2.75, 3.05) is 20.1 Å². The van der Waals surface area contributed by atoms with E-state index in [-0.39, 0.29) is 29.7 Å². The molecular formula is C14H20N2O3. The molecule has 0 aliphatic carbocycles. The van der Waals surface area contributed by atoms with Gasteiger partial charge in [0.15, 0.2) is 0 Å². The number of hydrogen-bond donors (Lipinski definition) is 2. The lowest BCUT2D eigenvalue weighted by Crippen LogP contribution is -2.38. The fraction of sp³-hybridized carbons (Fsp3) is 0.429. The van der Waals surface area contributed by atoms with Crippen molar-refractivity contribution in [3.05, 3.63) is 29.3 Å². The summed E-state index contributed by atoms with van der Waals surface area (Å²) < 4.78 is 0. The number of para-hydroxylation sites is 1. The molecule has 2 N–H and O–H groups in total. The summed E-state index contributed by atoms with van der Waals surface area (Å²) in [5.41, 5.74) is 0.848. The molecule has 0 aromatic heterocycles. The van der Waals surface area contributed by atoms with Gasteiger partial charge in [-0.3, -0.25) is 9.59 Å². The van der Waals surface area contributed by atoms with E-state index in [1.807, 2.05) is 6.92 Å². The topological polar surface area (TPSA) is 69.6 Å². The Bertz CT molecular complexity index is 472. The third-order valence-corrected chi connectivity index (χ3v) is 2.77. The Kier molecular flexibility index (Phi) is 5.36. The smallest absolute Gasteiger partial charge is 0.257 e. The first-order valence-electron chi connectivity index (χ1n) is 6.28. The maximum absolute atomic E-state index is 12.1. The number of aryl methyl sites for hydroxylation is 1. The maximum atomic E-state index is 12.1. The second kappa shape index (κ2) is 6.78. The minimum absolute atomic E-state index is 0.0216. The van der Waals surface area contributed by atoms with Gasteiger partial charge in [-0.15, -0.1) is 0 Å². The highest BCUT2D eigenvalue weighted by molar-refractivity contribution is 5.98. The number of phenols is 1. The minimum Gasteiger partial charge on any atom is -0.507 e. The monoisotopic (exact) mass is 264 g/mol. The van der Waals surface area contributed by atoms with Crippen LogP contribution in [-0.4, -0.2) is 42.0 Å². The Balaban J connectivity index is 2.72. The summed E-state index contributed by atoms with van der Waals surface area (Å²) in [6, 6.07) is 4.97. The van der Waals surface area contributed by atoms with Gasteiger partial charge in [0.25, 0.3) is 5.91 Å². The quantitative estimate of drug-likeness (QED) is 0.842. The third-order valence-electron chi connectivity index (χ3n) is 2.77. The van der Waals surface area contributed by atoms with E-state index in [0.717, 1.165) is 6.42 Å². The average molecular weight is 264 g/mol. The van der Waals surface area contributed by atoms with Crippen LogP contribution >= 0.6 is 0 Å². The molecule has 1 rings (SSSR count). The average Bonchev–Trinajstić information content (AvgIpc) is 2.38. The maximum Gasteiger partial charge on any atom is 0.257 e. The summed E-state index contributed by atoms with van der Waals surface area (Å²) in [5.74, 6) is -0.606. The summed E-state index contributed by atoms with van der Waals surface area (Å²) in [6.07, 6.45) is 0.849. The van der Waals surface area contributed by atoms with Gasteiger partial charge in [-0.2, -0.15) is 0 Å². The van der Waals surface area contributed by atoms with Gasteiger partial charge in [0.1, 0.15) is 5.75 Å². The highest BCUT2D eigenvalue weighted by atomic mass is 16.3. The fourth-order valence-corrected chi connectivity index (χ4v) is 1.64. The number of phenolic OH excluding ortho intramolecular Hbond substituents is 1. The molecule has 0 bridgehead atoms. The van der Waals surface area contributed by atoms with E-state index in [2.05, 4.69) is 5.32 Å². The van der Waals surface area contributed by atoms with Gasteiger partial charge in [-0.1, -0.05) is 19.1 Å². The molecule has 0 radical (unpaired) electrons. The molecule has 0 saturated heterocycles. The SMILES string of the molecule is CCCNC(=O)CN(C)C(=O)c1cccc(C)c1O. The van der Waals surface area contributed by atoms with Crippen molar-refractivity contribution in [1.82, 2.24) is 10.2 Å². The van der Waals surface area contributed by atoms with Gasteiger partial charge in [0, 0.05) is 13.6 Å². The van der Waals surface area contributed by atoms with Crippen LogP contribution in [0, 0.1) is 6.92 Å². The van der Waals surface area contributed by atoms with Crippen LogP contribution in [0.15, 0.2) is 18.2 Å². The first-order valence-corrected chi connectivity index (χ1v) is 6.28. The fourth-order valence-electron chi connectivity index (χ4n) is 1.64. The molecule has 0 aliphatic heterocycles. The zero-order valence-corrected chi connectivity index (χ0v) is 11.6. The lowest BCUT2D eigenvalue weighted by atomic mass is 10.1. The summed E-state index contributed by atoms with van der Waals surface area (Å²) in [6.45, 7) is 4.25. The normalized spacial score (nSPS) is 10.1. The molecule has 0 unspecified atom stereocenters. The molecule has 0 spiro atoms. The number of benzene rings is 1. The van der Waals surface area contributed by atoms with E-state index < -0.39 is 0 Å². The molecule has 2 amide bonds. The van der Waals surface area contributed by atoms with E-state index in [9.17, 15) is 14.7 Å². The summed E-state index contributed by atoms with van der Waals surface area (Å²) in [5, 5.41) is 12.5. The minimum atomic E-state index is -0.368. The van der Waals surface area contributed by atoms with E-state index >= 15 is 0 Å². The van der Waals surface area contributed by atoms with E-state index in [1.165, 1.54) is 11.9 Å². The lowest BCUT2D eigenvalue weighted by molar-refractivity contribution is -0.121.